The molecule has 1 rings (SSSR count). The molecule has 5 heteroatoms. The lowest BCUT2D eigenvalue weighted by molar-refractivity contribution is -0.142. The molecule has 1 aromatic carbocycles. The minimum Gasteiger partial charge on any atom is -0.480 e. The van der Waals surface area contributed by atoms with Gasteiger partial charge in [-0.3, -0.25) is 4.79 Å². The number of carboxylic acids is 1. The molecule has 1 amide bonds. The summed E-state index contributed by atoms with van der Waals surface area (Å²) in [5.41, 5.74) is 6.60. The second kappa shape index (κ2) is 8.32. The van der Waals surface area contributed by atoms with Gasteiger partial charge in [-0.1, -0.05) is 50.1 Å². The zero-order chi connectivity index (χ0) is 15.0. The fraction of sp³-hybridized carbons (Fsp3) is 0.467. The third kappa shape index (κ3) is 5.40. The summed E-state index contributed by atoms with van der Waals surface area (Å²) >= 11 is 0. The van der Waals surface area contributed by atoms with Crippen LogP contribution in [-0.4, -0.2) is 29.1 Å². The lowest BCUT2D eigenvalue weighted by atomic mass is 10.0. The number of nitrogens with two attached hydrogens (primary N) is 1. The zero-order valence-electron chi connectivity index (χ0n) is 11.7. The zero-order valence-corrected chi connectivity index (χ0v) is 11.7. The second-order valence-corrected chi connectivity index (χ2v) is 4.84. The lowest BCUT2D eigenvalue weighted by Gasteiger charge is -2.17. The van der Waals surface area contributed by atoms with Crippen LogP contribution in [0.3, 0.4) is 0 Å². The van der Waals surface area contributed by atoms with E-state index in [0.717, 1.165) is 18.4 Å². The smallest absolute Gasteiger partial charge is 0.326 e. The summed E-state index contributed by atoms with van der Waals surface area (Å²) < 4.78 is 0. The van der Waals surface area contributed by atoms with E-state index >= 15 is 0 Å². The Morgan fingerprint density at radius 2 is 1.95 bits per heavy atom. The van der Waals surface area contributed by atoms with Gasteiger partial charge in [0.1, 0.15) is 6.04 Å². The SMILES string of the molecule is CCCC[C@@H](N)C(=O)N[C@@H](Cc1ccccc1)C(=O)O. The molecule has 0 aliphatic carbocycles. The standard InChI is InChI=1S/C15H22N2O3/c1-2-3-9-12(16)14(18)17-13(15(19)20)10-11-7-5-4-6-8-11/h4-8,12-13H,2-3,9-10,16H2,1H3,(H,17,18)(H,19,20)/t12-,13+/m1/s1. The van der Waals surface area contributed by atoms with Crippen LogP contribution in [0.2, 0.25) is 0 Å². The summed E-state index contributed by atoms with van der Waals surface area (Å²) in [5.74, 6) is -1.45. The van der Waals surface area contributed by atoms with Gasteiger partial charge in [-0.2, -0.15) is 0 Å². The van der Waals surface area contributed by atoms with Gasteiger partial charge in [0, 0.05) is 6.42 Å². The van der Waals surface area contributed by atoms with Gasteiger partial charge in [0.2, 0.25) is 5.91 Å². The minimum absolute atomic E-state index is 0.252. The Morgan fingerprint density at radius 3 is 2.50 bits per heavy atom. The van der Waals surface area contributed by atoms with Gasteiger partial charge in [-0.15, -0.1) is 0 Å². The molecular weight excluding hydrogens is 256 g/mol. The summed E-state index contributed by atoms with van der Waals surface area (Å²) in [7, 11) is 0. The van der Waals surface area contributed by atoms with Gasteiger partial charge in [0.15, 0.2) is 0 Å². The maximum Gasteiger partial charge on any atom is 0.326 e. The normalized spacial score (nSPS) is 13.5. The molecule has 0 aliphatic rings. The molecular formula is C15H22N2O3. The van der Waals surface area contributed by atoms with E-state index in [1.807, 2.05) is 37.3 Å². The van der Waals surface area contributed by atoms with Gasteiger partial charge in [-0.05, 0) is 12.0 Å². The summed E-state index contributed by atoms with van der Waals surface area (Å²) in [5, 5.41) is 11.7. The maximum atomic E-state index is 11.9. The van der Waals surface area contributed by atoms with Gasteiger partial charge in [0.25, 0.3) is 0 Å². The predicted octanol–water partition coefficient (Wildman–Crippen LogP) is 1.32. The molecule has 20 heavy (non-hydrogen) atoms. The van der Waals surface area contributed by atoms with Crippen molar-refractivity contribution in [3.8, 4) is 0 Å². The van der Waals surface area contributed by atoms with E-state index in [1.165, 1.54) is 0 Å². The molecule has 4 N–H and O–H groups in total. The predicted molar refractivity (Wildman–Crippen MR) is 77.2 cm³/mol. The van der Waals surface area contributed by atoms with E-state index in [1.54, 1.807) is 0 Å². The Morgan fingerprint density at radius 1 is 1.30 bits per heavy atom. The number of hydrogen-bond donors (Lipinski definition) is 3. The fourth-order valence-corrected chi connectivity index (χ4v) is 1.88. The van der Waals surface area contributed by atoms with Crippen LogP contribution in [0.4, 0.5) is 0 Å². The summed E-state index contributed by atoms with van der Waals surface area (Å²) in [6, 6.07) is 7.60. The molecule has 0 bridgehead atoms. The minimum atomic E-state index is -1.05. The van der Waals surface area contributed by atoms with Gasteiger partial charge in [0.05, 0.1) is 6.04 Å². The largest absolute Gasteiger partial charge is 0.480 e. The molecule has 0 saturated heterocycles. The summed E-state index contributed by atoms with van der Waals surface area (Å²) in [6.45, 7) is 2.01. The number of rotatable bonds is 8. The first-order valence-corrected chi connectivity index (χ1v) is 6.87. The van der Waals surface area contributed by atoms with Crippen LogP contribution in [0.25, 0.3) is 0 Å². The van der Waals surface area contributed by atoms with E-state index in [9.17, 15) is 14.7 Å². The Bertz CT molecular complexity index is 434. The quantitative estimate of drug-likeness (QED) is 0.668. The number of unbranched alkanes of at least 4 members (excludes halogenated alkanes) is 1. The lowest BCUT2D eigenvalue weighted by Crippen LogP contribution is -2.49. The van der Waals surface area contributed by atoms with Crippen molar-refractivity contribution in [2.45, 2.75) is 44.7 Å². The van der Waals surface area contributed by atoms with E-state index in [4.69, 9.17) is 5.73 Å². The fourth-order valence-electron chi connectivity index (χ4n) is 1.88. The Labute approximate surface area is 119 Å². The van der Waals surface area contributed by atoms with Gasteiger partial charge >= 0.3 is 5.97 Å². The van der Waals surface area contributed by atoms with Crippen LogP contribution in [0.5, 0.6) is 0 Å². The van der Waals surface area contributed by atoms with Crippen LogP contribution in [0.15, 0.2) is 30.3 Å². The second-order valence-electron chi connectivity index (χ2n) is 4.84. The van der Waals surface area contributed by atoms with Gasteiger partial charge in [-0.25, -0.2) is 4.79 Å². The average molecular weight is 278 g/mol. The number of hydrogen-bond acceptors (Lipinski definition) is 3. The molecule has 0 spiro atoms. The van der Waals surface area contributed by atoms with Crippen LogP contribution < -0.4 is 11.1 Å². The number of carbonyl (C=O) groups is 2. The first-order valence-electron chi connectivity index (χ1n) is 6.87. The number of nitrogens with one attached hydrogen (secondary N) is 1. The number of aliphatic carboxylic acids is 1. The van der Waals surface area contributed by atoms with Crippen molar-refractivity contribution >= 4 is 11.9 Å². The molecule has 0 fully saturated rings. The molecule has 1 aromatic rings. The number of amides is 1. The average Bonchev–Trinajstić information content (AvgIpc) is 2.44. The third-order valence-electron chi connectivity index (χ3n) is 3.10. The van der Waals surface area contributed by atoms with Crippen LogP contribution in [0.1, 0.15) is 31.7 Å². The Balaban J connectivity index is 2.59. The van der Waals surface area contributed by atoms with E-state index in [-0.39, 0.29) is 6.42 Å². The molecule has 110 valence electrons. The highest BCUT2D eigenvalue weighted by atomic mass is 16.4. The van der Waals surface area contributed by atoms with Crippen molar-refractivity contribution in [2.75, 3.05) is 0 Å². The highest BCUT2D eigenvalue weighted by molar-refractivity contribution is 5.86. The van der Waals surface area contributed by atoms with E-state index < -0.39 is 24.0 Å². The molecule has 2 atom stereocenters. The van der Waals surface area contributed by atoms with Crippen molar-refractivity contribution in [2.24, 2.45) is 5.73 Å². The van der Waals surface area contributed by atoms with Crippen molar-refractivity contribution in [3.05, 3.63) is 35.9 Å². The molecule has 0 saturated carbocycles. The summed E-state index contributed by atoms with van der Waals surface area (Å²) in [6.07, 6.45) is 2.63. The van der Waals surface area contributed by atoms with Crippen molar-refractivity contribution in [1.82, 2.24) is 5.32 Å². The molecule has 0 aliphatic heterocycles. The number of carboxylic acid groups (broad SMARTS) is 1. The molecule has 5 nitrogen and oxygen atoms in total. The molecule has 0 heterocycles. The van der Waals surface area contributed by atoms with Crippen LogP contribution in [-0.2, 0) is 16.0 Å². The Kier molecular flexibility index (Phi) is 6.73. The highest BCUT2D eigenvalue weighted by Crippen LogP contribution is 2.05. The number of benzene rings is 1. The first kappa shape index (κ1) is 16.2. The number of carbonyl (C=O) groups excluding carboxylic acids is 1. The van der Waals surface area contributed by atoms with Crippen LogP contribution in [0, 0.1) is 0 Å². The maximum absolute atomic E-state index is 11.9. The summed E-state index contributed by atoms with van der Waals surface area (Å²) in [4.78, 5) is 23.1. The molecule has 0 unspecified atom stereocenters. The van der Waals surface area contributed by atoms with Crippen LogP contribution >= 0.6 is 0 Å². The monoisotopic (exact) mass is 278 g/mol. The van der Waals surface area contributed by atoms with E-state index in [2.05, 4.69) is 5.32 Å². The van der Waals surface area contributed by atoms with Crippen molar-refractivity contribution in [1.29, 1.82) is 0 Å². The van der Waals surface area contributed by atoms with Gasteiger partial charge < -0.3 is 16.2 Å². The Hall–Kier alpha value is -1.88. The van der Waals surface area contributed by atoms with E-state index in [0.29, 0.717) is 6.42 Å². The molecule has 0 aromatic heterocycles. The third-order valence-corrected chi connectivity index (χ3v) is 3.10. The first-order chi connectivity index (χ1) is 9.54. The van der Waals surface area contributed by atoms with Crippen molar-refractivity contribution in [3.63, 3.8) is 0 Å². The highest BCUT2D eigenvalue weighted by Gasteiger charge is 2.23. The topological polar surface area (TPSA) is 92.4 Å². The molecule has 0 radical (unpaired) electrons. The van der Waals surface area contributed by atoms with Crippen molar-refractivity contribution < 1.29 is 14.7 Å².